The third kappa shape index (κ3) is 9.87. The van der Waals surface area contributed by atoms with Crippen LogP contribution in [-0.2, 0) is 85.0 Å². The Hall–Kier alpha value is -9.72. The van der Waals surface area contributed by atoms with E-state index in [1.54, 1.807) is 135 Å². The molecule has 7 aromatic rings. The fourth-order valence-corrected chi connectivity index (χ4v) is 16.3. The van der Waals surface area contributed by atoms with Crippen molar-refractivity contribution >= 4 is 113 Å². The summed E-state index contributed by atoms with van der Waals surface area (Å²) >= 11 is 4.65. The van der Waals surface area contributed by atoms with Crippen LogP contribution in [0.15, 0.2) is 165 Å². The zero-order valence-corrected chi connectivity index (χ0v) is 48.7. The summed E-state index contributed by atoms with van der Waals surface area (Å²) in [6.07, 6.45) is 0. The van der Waals surface area contributed by atoms with Gasteiger partial charge in [-0.3, -0.25) is 38.6 Å². The average molecular weight is 1220 g/mol. The largest absolute Gasteiger partial charge is 0.459 e. The molecule has 0 radical (unpaired) electrons. The zero-order valence-electron chi connectivity index (χ0n) is 44.6. The first-order valence-corrected chi connectivity index (χ1v) is 30.0. The maximum Gasteiger partial charge on any atom is 0.333 e. The summed E-state index contributed by atoms with van der Waals surface area (Å²) in [6, 6.07) is 45.1. The topological polar surface area (TPSA) is 266 Å². The summed E-state index contributed by atoms with van der Waals surface area (Å²) in [4.78, 5) is 105. The van der Waals surface area contributed by atoms with Crippen LogP contribution in [0.4, 0.5) is 10.0 Å². The van der Waals surface area contributed by atoms with Gasteiger partial charge in [-0.25, -0.2) is 9.98 Å². The van der Waals surface area contributed by atoms with Gasteiger partial charge in [0.05, 0.1) is 19.5 Å². The van der Waals surface area contributed by atoms with Crippen LogP contribution in [0.1, 0.15) is 58.4 Å². The van der Waals surface area contributed by atoms with Crippen molar-refractivity contribution in [2.75, 3.05) is 13.1 Å². The Balaban J connectivity index is 1.19. The van der Waals surface area contributed by atoms with E-state index in [9.17, 15) is 30.6 Å². The molecule has 3 aromatic heterocycles. The molecular weight excluding hydrogens is 1180 g/mol. The maximum atomic E-state index is 16.1. The van der Waals surface area contributed by atoms with Gasteiger partial charge >= 0.3 is 23.9 Å². The molecule has 0 spiro atoms. The van der Waals surface area contributed by atoms with Crippen molar-refractivity contribution in [3.63, 3.8) is 0 Å². The van der Waals surface area contributed by atoms with Crippen molar-refractivity contribution in [1.82, 2.24) is 9.80 Å². The van der Waals surface area contributed by atoms with E-state index in [4.69, 9.17) is 28.9 Å². The van der Waals surface area contributed by atoms with Gasteiger partial charge in [0.15, 0.2) is 21.2 Å². The lowest BCUT2D eigenvalue weighted by atomic mass is 9.70. The number of allylic oxidation sites excluding steroid dienone is 2. The molecular formula is C62H40N8O10S5. The van der Waals surface area contributed by atoms with Gasteiger partial charge in [-0.15, -0.1) is 34.0 Å². The van der Waals surface area contributed by atoms with Crippen LogP contribution in [0.5, 0.6) is 0 Å². The Bertz CT molecular complexity index is 3840. The quantitative estimate of drug-likeness (QED) is 0.0377. The molecule has 85 heavy (non-hydrogen) atoms. The van der Waals surface area contributed by atoms with E-state index in [-0.39, 0.29) is 123 Å². The lowest BCUT2D eigenvalue weighted by Crippen LogP contribution is -2.50. The standard InChI is InChI=1S/C62H40N8O10S5/c1-3-69-53(71)51(84-55(69)39(27-63)28-64)67-43-25-41-47(81-43)49-45(61(41,57(73)77-31-35-17-9-5-10-18-35)58(74)78-32-36-19-11-6-12-20-36)46-50(83-49)48-42(26-44(82-48)68-52-54(72)70(4-2)56(85-52)40(29-65)30-66)62(46,59(75)79-33-37-21-13-7-14-22-37)60(76)80-34-38-23-15-8-16-24-38/h5-26H,3-4,31-34H2,1-2H3/b67-51-,68-52-. The zero-order chi connectivity index (χ0) is 59.6. The highest BCUT2D eigenvalue weighted by atomic mass is 32.2. The normalized spacial score (nSPS) is 15.7. The van der Waals surface area contributed by atoms with Crippen LogP contribution >= 0.6 is 57.5 Å². The lowest BCUT2D eigenvalue weighted by Gasteiger charge is -2.32. The molecule has 0 atom stereocenters. The molecule has 5 heterocycles. The summed E-state index contributed by atoms with van der Waals surface area (Å²) in [5.74, 6) is -5.84. The second-order valence-electron chi connectivity index (χ2n) is 18.9. The first-order chi connectivity index (χ1) is 41.3. The fourth-order valence-electron chi connectivity index (χ4n) is 10.2. The number of thioether (sulfide) groups is 2. The molecule has 0 saturated carbocycles. The molecule has 2 fully saturated rings. The summed E-state index contributed by atoms with van der Waals surface area (Å²) in [7, 11) is 0. The number of nitrogens with zero attached hydrogens (tertiary/aromatic N) is 8. The molecule has 0 unspecified atom stereocenters. The highest BCUT2D eigenvalue weighted by Gasteiger charge is 2.69. The van der Waals surface area contributed by atoms with Crippen LogP contribution in [0.2, 0.25) is 0 Å². The molecule has 23 heteroatoms. The molecule has 418 valence electrons. The fraction of sp³-hybridized carbons (Fsp3) is 0.161. The smallest absolute Gasteiger partial charge is 0.333 e. The van der Waals surface area contributed by atoms with Crippen molar-refractivity contribution in [3.05, 3.63) is 199 Å². The van der Waals surface area contributed by atoms with Gasteiger partial charge in [0.2, 0.25) is 10.8 Å². The molecule has 2 amide bonds. The molecule has 11 rings (SSSR count). The lowest BCUT2D eigenvalue weighted by molar-refractivity contribution is -0.167. The number of hydrogen-bond acceptors (Lipinski definition) is 21. The van der Waals surface area contributed by atoms with E-state index in [1.165, 1.54) is 21.9 Å². The van der Waals surface area contributed by atoms with Gasteiger partial charge in [-0.2, -0.15) is 21.0 Å². The number of fused-ring (bicyclic) bond motifs is 7. The van der Waals surface area contributed by atoms with Crippen LogP contribution in [-0.4, -0.2) is 68.7 Å². The van der Waals surface area contributed by atoms with Crippen LogP contribution in [0, 0.1) is 45.3 Å². The van der Waals surface area contributed by atoms with Gasteiger partial charge < -0.3 is 18.9 Å². The highest BCUT2D eigenvalue weighted by Crippen LogP contribution is 2.68. The molecule has 2 saturated heterocycles. The predicted molar refractivity (Wildman–Crippen MR) is 318 cm³/mol. The van der Waals surface area contributed by atoms with Gasteiger partial charge in [0, 0.05) is 35.3 Å². The van der Waals surface area contributed by atoms with E-state index in [1.807, 2.05) is 24.3 Å². The predicted octanol–water partition coefficient (Wildman–Crippen LogP) is 11.1. The third-order valence-electron chi connectivity index (χ3n) is 14.1. The van der Waals surface area contributed by atoms with E-state index in [2.05, 4.69) is 0 Å². The van der Waals surface area contributed by atoms with Gasteiger partial charge in [0.1, 0.15) is 70.8 Å². The van der Waals surface area contributed by atoms with Gasteiger partial charge in [0.25, 0.3) is 11.8 Å². The summed E-state index contributed by atoms with van der Waals surface area (Å²) in [5.41, 5.74) is -4.08. The van der Waals surface area contributed by atoms with Crippen LogP contribution in [0.3, 0.4) is 0 Å². The van der Waals surface area contributed by atoms with E-state index in [0.29, 0.717) is 22.3 Å². The number of esters is 4. The average Bonchev–Trinajstić information content (AvgIpc) is 1.51. The first-order valence-electron chi connectivity index (χ1n) is 25.9. The molecule has 0 bridgehead atoms. The first kappa shape index (κ1) is 57.1. The number of carbonyl (C=O) groups excluding carboxylic acids is 6. The number of rotatable bonds is 16. The van der Waals surface area contributed by atoms with Crippen molar-refractivity contribution in [3.8, 4) is 43.8 Å². The Morgan fingerprint density at radius 3 is 1.02 bits per heavy atom. The van der Waals surface area contributed by atoms with E-state index >= 15 is 19.2 Å². The second-order valence-corrected chi connectivity index (χ2v) is 23.9. The Labute approximate surface area is 505 Å². The number of aliphatic imine (C=N–C) groups is 2. The Kier molecular flexibility index (Phi) is 16.0. The Morgan fingerprint density at radius 1 is 0.459 bits per heavy atom. The van der Waals surface area contributed by atoms with Crippen molar-refractivity contribution in [2.45, 2.75) is 51.1 Å². The molecule has 2 aliphatic heterocycles. The Morgan fingerprint density at radius 2 is 0.753 bits per heavy atom. The molecule has 18 nitrogen and oxygen atoms in total. The number of benzene rings is 4. The minimum atomic E-state index is -2.68. The SMILES string of the molecule is CCN1C(=O)/C(=N/c2cc3c(s2)-c2sc4c(c2C3(C(=O)OCc2ccccc2)C(=O)OCc2ccccc2)C(C(=O)OCc2ccccc2)(C(=O)OCc2ccccc2)c2cc(/N=C3\SC(=C(C#N)C#N)N(CC)C3=O)sc2-4)SC1=C(C#N)C#N. The number of thiophene rings is 3. The number of hydrogen-bond donors (Lipinski definition) is 0. The minimum absolute atomic E-state index is 0.00733. The molecule has 4 aromatic carbocycles. The number of carbonyl (C=O) groups is 6. The summed E-state index contributed by atoms with van der Waals surface area (Å²) in [6.45, 7) is 2.11. The molecule has 2 aliphatic carbocycles. The van der Waals surface area contributed by atoms with Gasteiger partial charge in [-0.1, -0.05) is 121 Å². The van der Waals surface area contributed by atoms with Crippen molar-refractivity contribution in [1.29, 1.82) is 21.0 Å². The highest BCUT2D eigenvalue weighted by molar-refractivity contribution is 8.20. The minimum Gasteiger partial charge on any atom is -0.459 e. The van der Waals surface area contributed by atoms with Gasteiger partial charge in [-0.05, 0) is 71.8 Å². The van der Waals surface area contributed by atoms with Crippen LogP contribution < -0.4 is 0 Å². The molecule has 0 N–H and O–H groups in total. The summed E-state index contributed by atoms with van der Waals surface area (Å²) < 4.78 is 25.1. The van der Waals surface area contributed by atoms with E-state index < -0.39 is 46.5 Å². The monoisotopic (exact) mass is 1220 g/mol. The van der Waals surface area contributed by atoms with Crippen molar-refractivity contribution in [2.24, 2.45) is 9.98 Å². The van der Waals surface area contributed by atoms with Crippen molar-refractivity contribution < 1.29 is 47.7 Å². The second kappa shape index (κ2) is 23.9. The van der Waals surface area contributed by atoms with Crippen LogP contribution in [0.25, 0.3) is 19.5 Å². The summed E-state index contributed by atoms with van der Waals surface area (Å²) in [5, 5.41) is 39.5. The third-order valence-corrected chi connectivity index (χ3v) is 19.8. The van der Waals surface area contributed by atoms with E-state index in [0.717, 1.165) is 57.5 Å². The number of ether oxygens (including phenoxy) is 4. The number of amides is 2. The maximum absolute atomic E-state index is 16.1. The number of nitriles is 4. The molecule has 4 aliphatic rings.